The Morgan fingerprint density at radius 3 is 2.50 bits per heavy atom. The molecule has 2 aromatic carbocycles. The smallest absolute Gasteiger partial charge is 0.311 e. The summed E-state index contributed by atoms with van der Waals surface area (Å²) in [6.07, 6.45) is -1.61. The second-order valence-electron chi connectivity index (χ2n) is 5.01. The molecule has 7 heteroatoms. The number of rotatable bonds is 5. The van der Waals surface area contributed by atoms with E-state index in [9.17, 15) is 22.8 Å². The molecule has 1 atom stereocenters. The molecule has 0 aliphatic heterocycles. The Morgan fingerprint density at radius 2 is 1.79 bits per heavy atom. The molecule has 0 radical (unpaired) electrons. The van der Waals surface area contributed by atoms with Crippen LogP contribution in [0.3, 0.4) is 0 Å². The van der Waals surface area contributed by atoms with Gasteiger partial charge in [-0.3, -0.25) is 9.59 Å². The van der Waals surface area contributed by atoms with Crippen molar-refractivity contribution < 1.29 is 27.5 Å². The molecule has 0 spiro atoms. The SMILES string of the molecule is C[C@@H](OC(=O)Cc1ccccc1F)C(=O)Nc1cc(F)ccc1F. The molecule has 0 heterocycles. The van der Waals surface area contributed by atoms with Crippen molar-refractivity contribution in [1.82, 2.24) is 0 Å². The topological polar surface area (TPSA) is 55.4 Å². The maximum atomic E-state index is 13.5. The minimum absolute atomic E-state index is 0.131. The van der Waals surface area contributed by atoms with E-state index in [1.807, 2.05) is 0 Å². The lowest BCUT2D eigenvalue weighted by molar-refractivity contribution is -0.152. The van der Waals surface area contributed by atoms with Gasteiger partial charge in [0.05, 0.1) is 12.1 Å². The van der Waals surface area contributed by atoms with Gasteiger partial charge in [0.25, 0.3) is 5.91 Å². The number of carbonyl (C=O) groups is 2. The fourth-order valence-electron chi connectivity index (χ4n) is 1.92. The maximum absolute atomic E-state index is 13.5. The summed E-state index contributed by atoms with van der Waals surface area (Å²) in [7, 11) is 0. The molecule has 0 aromatic heterocycles. The maximum Gasteiger partial charge on any atom is 0.311 e. The highest BCUT2D eigenvalue weighted by Gasteiger charge is 2.20. The molecule has 24 heavy (non-hydrogen) atoms. The summed E-state index contributed by atoms with van der Waals surface area (Å²) in [6, 6.07) is 8.24. The van der Waals surface area contributed by atoms with Crippen LogP contribution in [0.5, 0.6) is 0 Å². The number of carbonyl (C=O) groups excluding carboxylic acids is 2. The molecule has 4 nitrogen and oxygen atoms in total. The van der Waals surface area contributed by atoms with Gasteiger partial charge in [0.2, 0.25) is 0 Å². The Kier molecular flexibility index (Phi) is 5.57. The van der Waals surface area contributed by atoms with Crippen LogP contribution in [0.1, 0.15) is 12.5 Å². The van der Waals surface area contributed by atoms with E-state index in [0.29, 0.717) is 0 Å². The molecule has 0 saturated carbocycles. The van der Waals surface area contributed by atoms with Crippen molar-refractivity contribution in [3.8, 4) is 0 Å². The zero-order chi connectivity index (χ0) is 17.7. The Morgan fingerprint density at radius 1 is 1.08 bits per heavy atom. The summed E-state index contributed by atoms with van der Waals surface area (Å²) in [5.41, 5.74) is -0.233. The van der Waals surface area contributed by atoms with Gasteiger partial charge in [-0.25, -0.2) is 13.2 Å². The Balaban J connectivity index is 1.95. The van der Waals surface area contributed by atoms with Crippen molar-refractivity contribution in [3.63, 3.8) is 0 Å². The largest absolute Gasteiger partial charge is 0.452 e. The molecule has 0 unspecified atom stereocenters. The molecule has 0 saturated heterocycles. The second kappa shape index (κ2) is 7.63. The number of esters is 1. The summed E-state index contributed by atoms with van der Waals surface area (Å²) >= 11 is 0. The zero-order valence-electron chi connectivity index (χ0n) is 12.7. The lowest BCUT2D eigenvalue weighted by Gasteiger charge is -2.14. The summed E-state index contributed by atoms with van der Waals surface area (Å²) < 4.78 is 44.8. The molecule has 0 aliphatic carbocycles. The number of ether oxygens (including phenoxy) is 1. The van der Waals surface area contributed by atoms with E-state index < -0.39 is 35.4 Å². The van der Waals surface area contributed by atoms with Crippen LogP contribution in [0.2, 0.25) is 0 Å². The lowest BCUT2D eigenvalue weighted by Crippen LogP contribution is -2.30. The highest BCUT2D eigenvalue weighted by atomic mass is 19.1. The van der Waals surface area contributed by atoms with Crippen molar-refractivity contribution in [1.29, 1.82) is 0 Å². The second-order valence-corrected chi connectivity index (χ2v) is 5.01. The van der Waals surface area contributed by atoms with Gasteiger partial charge in [-0.2, -0.15) is 0 Å². The van der Waals surface area contributed by atoms with Gasteiger partial charge >= 0.3 is 5.97 Å². The van der Waals surface area contributed by atoms with Crippen LogP contribution in [0.25, 0.3) is 0 Å². The number of hydrogen-bond donors (Lipinski definition) is 1. The van der Waals surface area contributed by atoms with E-state index in [2.05, 4.69) is 5.32 Å². The van der Waals surface area contributed by atoms with Crippen LogP contribution in [-0.4, -0.2) is 18.0 Å². The van der Waals surface area contributed by atoms with E-state index in [4.69, 9.17) is 4.74 Å². The van der Waals surface area contributed by atoms with Crippen molar-refractivity contribution in [2.75, 3.05) is 5.32 Å². The zero-order valence-corrected chi connectivity index (χ0v) is 12.7. The first-order chi connectivity index (χ1) is 11.4. The molecule has 0 fully saturated rings. The van der Waals surface area contributed by atoms with Crippen LogP contribution >= 0.6 is 0 Å². The van der Waals surface area contributed by atoms with E-state index >= 15 is 0 Å². The monoisotopic (exact) mass is 337 g/mol. The van der Waals surface area contributed by atoms with Gasteiger partial charge in [-0.05, 0) is 30.7 Å². The lowest BCUT2D eigenvalue weighted by atomic mass is 10.1. The third-order valence-corrected chi connectivity index (χ3v) is 3.16. The van der Waals surface area contributed by atoms with E-state index in [0.717, 1.165) is 18.2 Å². The molecule has 2 rings (SSSR count). The molecule has 0 bridgehead atoms. The van der Waals surface area contributed by atoms with Gasteiger partial charge in [0.1, 0.15) is 17.5 Å². The Labute approximate surface area is 136 Å². The number of halogens is 3. The number of benzene rings is 2. The van der Waals surface area contributed by atoms with E-state index in [1.165, 1.54) is 25.1 Å². The minimum Gasteiger partial charge on any atom is -0.452 e. The molecular weight excluding hydrogens is 323 g/mol. The van der Waals surface area contributed by atoms with Crippen molar-refractivity contribution in [2.24, 2.45) is 0 Å². The third kappa shape index (κ3) is 4.58. The third-order valence-electron chi connectivity index (χ3n) is 3.16. The first kappa shape index (κ1) is 17.5. The van der Waals surface area contributed by atoms with E-state index in [1.54, 1.807) is 6.07 Å². The number of anilines is 1. The standard InChI is InChI=1S/C17H14F3NO3/c1-10(17(23)21-15-9-12(18)6-7-14(15)20)24-16(22)8-11-4-2-3-5-13(11)19/h2-7,9-10H,8H2,1H3,(H,21,23)/t10-/m1/s1. The summed E-state index contributed by atoms with van der Waals surface area (Å²) in [5.74, 6) is -3.76. The summed E-state index contributed by atoms with van der Waals surface area (Å²) in [6.45, 7) is 1.27. The number of nitrogens with one attached hydrogen (secondary N) is 1. The van der Waals surface area contributed by atoms with Crippen LogP contribution in [0, 0.1) is 17.5 Å². The first-order valence-corrected chi connectivity index (χ1v) is 7.05. The normalized spacial score (nSPS) is 11.7. The fraction of sp³-hybridized carbons (Fsp3) is 0.176. The van der Waals surface area contributed by atoms with Gasteiger partial charge in [0.15, 0.2) is 6.10 Å². The average molecular weight is 337 g/mol. The van der Waals surface area contributed by atoms with Crippen molar-refractivity contribution in [3.05, 3.63) is 65.5 Å². The Hall–Kier alpha value is -2.83. The molecule has 0 aliphatic rings. The summed E-state index contributed by atoms with van der Waals surface area (Å²) in [5, 5.41) is 2.13. The van der Waals surface area contributed by atoms with Crippen molar-refractivity contribution in [2.45, 2.75) is 19.4 Å². The van der Waals surface area contributed by atoms with Crippen LogP contribution in [0.4, 0.5) is 18.9 Å². The highest BCUT2D eigenvalue weighted by molar-refractivity contribution is 5.95. The molecular formula is C17H14F3NO3. The summed E-state index contributed by atoms with van der Waals surface area (Å²) in [4.78, 5) is 23.6. The highest BCUT2D eigenvalue weighted by Crippen LogP contribution is 2.16. The molecule has 2 aromatic rings. The number of hydrogen-bond acceptors (Lipinski definition) is 3. The molecule has 1 amide bonds. The Bertz CT molecular complexity index is 764. The minimum atomic E-state index is -1.26. The van der Waals surface area contributed by atoms with Crippen LogP contribution < -0.4 is 5.32 Å². The van der Waals surface area contributed by atoms with Gasteiger partial charge in [-0.1, -0.05) is 18.2 Å². The van der Waals surface area contributed by atoms with Gasteiger partial charge in [0, 0.05) is 6.07 Å². The van der Waals surface area contributed by atoms with Crippen LogP contribution in [-0.2, 0) is 20.7 Å². The predicted molar refractivity (Wildman–Crippen MR) is 80.6 cm³/mol. The predicted octanol–water partition coefficient (Wildman–Crippen LogP) is 3.22. The number of amides is 1. The van der Waals surface area contributed by atoms with Gasteiger partial charge < -0.3 is 10.1 Å². The van der Waals surface area contributed by atoms with Crippen molar-refractivity contribution >= 4 is 17.6 Å². The molecule has 126 valence electrons. The first-order valence-electron chi connectivity index (χ1n) is 7.05. The molecule has 1 N–H and O–H groups in total. The quantitative estimate of drug-likeness (QED) is 0.853. The van der Waals surface area contributed by atoms with Gasteiger partial charge in [-0.15, -0.1) is 0 Å². The fourth-order valence-corrected chi connectivity index (χ4v) is 1.92. The van der Waals surface area contributed by atoms with E-state index in [-0.39, 0.29) is 17.7 Å². The van der Waals surface area contributed by atoms with Crippen LogP contribution in [0.15, 0.2) is 42.5 Å². The average Bonchev–Trinajstić information content (AvgIpc) is 2.53.